The average Bonchev–Trinajstić information content (AvgIpc) is 2.81. The van der Waals surface area contributed by atoms with E-state index in [-0.39, 0.29) is 5.13 Å². The number of anilines is 1. The van der Waals surface area contributed by atoms with Crippen molar-refractivity contribution in [3.63, 3.8) is 0 Å². The predicted octanol–water partition coefficient (Wildman–Crippen LogP) is -0.0232. The first-order valence-corrected chi connectivity index (χ1v) is 6.26. The Labute approximate surface area is 99.1 Å². The van der Waals surface area contributed by atoms with Crippen molar-refractivity contribution in [3.05, 3.63) is 0 Å². The lowest BCUT2D eigenvalue weighted by molar-refractivity contribution is -0.128. The van der Waals surface area contributed by atoms with Gasteiger partial charge in [0.2, 0.25) is 11.4 Å². The Hall–Kier alpha value is -1.19. The molecule has 7 nitrogen and oxygen atoms in total. The van der Waals surface area contributed by atoms with Crippen LogP contribution in [0.1, 0.15) is 0 Å². The van der Waals surface area contributed by atoms with Crippen LogP contribution in [0.4, 0.5) is 9.93 Å². The average molecular weight is 260 g/mol. The number of imide groups is 1. The smallest absolute Gasteiger partial charge is 0.335 e. The van der Waals surface area contributed by atoms with Crippen LogP contribution < -0.4 is 4.90 Å². The van der Waals surface area contributed by atoms with Crippen LogP contribution in [0.3, 0.4) is 0 Å². The third-order valence-corrected chi connectivity index (χ3v) is 3.95. The van der Waals surface area contributed by atoms with E-state index in [2.05, 4.69) is 10.2 Å². The Kier molecular flexibility index (Phi) is 2.82. The van der Waals surface area contributed by atoms with Gasteiger partial charge < -0.3 is 5.11 Å². The van der Waals surface area contributed by atoms with E-state index >= 15 is 0 Å². The number of thioether (sulfide) groups is 1. The number of hydrogen-bond donors (Lipinski definition) is 1. The lowest BCUT2D eigenvalue weighted by atomic mass is 10.5. The summed E-state index contributed by atoms with van der Waals surface area (Å²) in [6.45, 7) is 0. The third kappa shape index (κ3) is 1.56. The standard InChI is InChI=1S/C7H8N4O3S2/c1-10-3(12)4(13)11(7(10)14)5-8-9-6(15-2)16-5/h3,12H,1-2H3. The zero-order valence-electron chi connectivity index (χ0n) is 8.45. The van der Waals surface area contributed by atoms with Gasteiger partial charge in [-0.3, -0.25) is 9.69 Å². The second kappa shape index (κ2) is 4.00. The van der Waals surface area contributed by atoms with Crippen LogP contribution in [-0.4, -0.2) is 51.7 Å². The Morgan fingerprint density at radius 3 is 2.56 bits per heavy atom. The van der Waals surface area contributed by atoms with E-state index in [4.69, 9.17) is 0 Å². The summed E-state index contributed by atoms with van der Waals surface area (Å²) in [5.74, 6) is -0.698. The van der Waals surface area contributed by atoms with E-state index in [9.17, 15) is 14.7 Å². The van der Waals surface area contributed by atoms with E-state index in [1.165, 1.54) is 18.8 Å². The van der Waals surface area contributed by atoms with Gasteiger partial charge in [-0.1, -0.05) is 23.1 Å². The first-order valence-electron chi connectivity index (χ1n) is 4.22. The zero-order chi connectivity index (χ0) is 11.9. The molecule has 1 aromatic rings. The van der Waals surface area contributed by atoms with Crippen LogP contribution in [0.25, 0.3) is 0 Å². The molecule has 1 aliphatic heterocycles. The number of aliphatic hydroxyl groups excluding tert-OH is 1. The number of carbonyl (C=O) groups is 2. The molecule has 2 heterocycles. The molecule has 0 aliphatic carbocycles. The summed E-state index contributed by atoms with van der Waals surface area (Å²) in [5.41, 5.74) is 0. The Morgan fingerprint density at radius 1 is 1.44 bits per heavy atom. The number of urea groups is 1. The molecule has 1 saturated heterocycles. The maximum absolute atomic E-state index is 11.6. The summed E-state index contributed by atoms with van der Waals surface area (Å²) < 4.78 is 0.652. The molecule has 1 unspecified atom stereocenters. The minimum Gasteiger partial charge on any atom is -0.365 e. The van der Waals surface area contributed by atoms with Crippen molar-refractivity contribution in [1.82, 2.24) is 15.1 Å². The Morgan fingerprint density at radius 2 is 2.12 bits per heavy atom. The van der Waals surface area contributed by atoms with Gasteiger partial charge >= 0.3 is 6.03 Å². The van der Waals surface area contributed by atoms with Crippen molar-refractivity contribution in [3.8, 4) is 0 Å². The summed E-state index contributed by atoms with van der Waals surface area (Å²) in [7, 11) is 1.35. The number of hydrogen-bond acceptors (Lipinski definition) is 7. The number of aromatic nitrogens is 2. The van der Waals surface area contributed by atoms with Gasteiger partial charge in [0.25, 0.3) is 5.91 Å². The van der Waals surface area contributed by atoms with E-state index in [1.54, 1.807) is 0 Å². The normalized spacial score (nSPS) is 21.1. The summed E-state index contributed by atoms with van der Waals surface area (Å²) in [6.07, 6.45) is 0.382. The van der Waals surface area contributed by atoms with Gasteiger partial charge in [-0.25, -0.2) is 9.69 Å². The number of amides is 3. The summed E-state index contributed by atoms with van der Waals surface area (Å²) >= 11 is 2.50. The van der Waals surface area contributed by atoms with Gasteiger partial charge in [0.1, 0.15) is 0 Å². The lowest BCUT2D eigenvalue weighted by Gasteiger charge is -2.09. The van der Waals surface area contributed by atoms with Crippen LogP contribution in [0.5, 0.6) is 0 Å². The van der Waals surface area contributed by atoms with Crippen molar-refractivity contribution in [1.29, 1.82) is 0 Å². The zero-order valence-corrected chi connectivity index (χ0v) is 10.1. The van der Waals surface area contributed by atoms with Gasteiger partial charge in [0, 0.05) is 7.05 Å². The quantitative estimate of drug-likeness (QED) is 0.457. The van der Waals surface area contributed by atoms with E-state index in [0.717, 1.165) is 21.1 Å². The highest BCUT2D eigenvalue weighted by Crippen LogP contribution is 2.29. The highest BCUT2D eigenvalue weighted by Gasteiger charge is 2.44. The minimum atomic E-state index is -1.44. The van der Waals surface area contributed by atoms with Crippen LogP contribution >= 0.6 is 23.1 Å². The number of aliphatic hydroxyl groups is 1. The molecule has 1 fully saturated rings. The molecular formula is C7H8N4O3S2. The second-order valence-corrected chi connectivity index (χ2v) is 5.00. The fourth-order valence-corrected chi connectivity index (χ4v) is 2.45. The largest absolute Gasteiger partial charge is 0.365 e. The Bertz CT molecular complexity index is 429. The number of nitrogens with zero attached hydrogens (tertiary/aromatic N) is 4. The Balaban J connectivity index is 2.34. The third-order valence-electron chi connectivity index (χ3n) is 2.06. The van der Waals surface area contributed by atoms with Crippen LogP contribution in [-0.2, 0) is 4.79 Å². The monoisotopic (exact) mass is 260 g/mol. The molecule has 9 heteroatoms. The molecule has 1 N–H and O–H groups in total. The SMILES string of the molecule is CSc1nnc(N2C(=O)C(O)N(C)C2=O)s1. The highest BCUT2D eigenvalue weighted by atomic mass is 32.2. The van der Waals surface area contributed by atoms with E-state index in [0.29, 0.717) is 4.34 Å². The highest BCUT2D eigenvalue weighted by molar-refractivity contribution is 8.00. The molecule has 0 bridgehead atoms. The van der Waals surface area contributed by atoms with E-state index in [1.807, 2.05) is 6.26 Å². The maximum atomic E-state index is 11.6. The van der Waals surface area contributed by atoms with Crippen molar-refractivity contribution in [2.45, 2.75) is 10.6 Å². The first-order chi connectivity index (χ1) is 7.56. The topological polar surface area (TPSA) is 86.6 Å². The summed E-state index contributed by atoms with van der Waals surface area (Å²) in [4.78, 5) is 25.0. The van der Waals surface area contributed by atoms with Crippen LogP contribution in [0, 0.1) is 0 Å². The van der Waals surface area contributed by atoms with Crippen molar-refractivity contribution >= 4 is 40.2 Å². The van der Waals surface area contributed by atoms with Crippen molar-refractivity contribution in [2.24, 2.45) is 0 Å². The molecular weight excluding hydrogens is 252 g/mol. The van der Waals surface area contributed by atoms with Crippen LogP contribution in [0.15, 0.2) is 4.34 Å². The van der Waals surface area contributed by atoms with Crippen molar-refractivity contribution in [2.75, 3.05) is 18.2 Å². The summed E-state index contributed by atoms with van der Waals surface area (Å²) in [6, 6.07) is -0.596. The van der Waals surface area contributed by atoms with Gasteiger partial charge in [0.05, 0.1) is 0 Å². The molecule has 1 aromatic heterocycles. The van der Waals surface area contributed by atoms with E-state index < -0.39 is 18.2 Å². The van der Waals surface area contributed by atoms with Gasteiger partial charge in [-0.15, -0.1) is 10.2 Å². The van der Waals surface area contributed by atoms with Crippen LogP contribution in [0.2, 0.25) is 0 Å². The minimum absolute atomic E-state index is 0.183. The molecule has 1 aliphatic rings. The molecule has 1 atom stereocenters. The molecule has 0 spiro atoms. The van der Waals surface area contributed by atoms with Gasteiger partial charge in [-0.05, 0) is 6.26 Å². The first kappa shape index (κ1) is 11.3. The number of carbonyl (C=O) groups excluding carboxylic acids is 2. The lowest BCUT2D eigenvalue weighted by Crippen LogP contribution is -2.31. The molecule has 2 rings (SSSR count). The summed E-state index contributed by atoms with van der Waals surface area (Å²) in [5, 5.41) is 17.1. The number of rotatable bonds is 2. The molecule has 0 saturated carbocycles. The van der Waals surface area contributed by atoms with Crippen molar-refractivity contribution < 1.29 is 14.7 Å². The second-order valence-electron chi connectivity index (χ2n) is 3.00. The molecule has 16 heavy (non-hydrogen) atoms. The van der Waals surface area contributed by atoms with Gasteiger partial charge in [-0.2, -0.15) is 0 Å². The molecule has 0 aromatic carbocycles. The molecule has 86 valence electrons. The number of likely N-dealkylation sites (N-methyl/N-ethyl adjacent to an activating group) is 1. The molecule has 0 radical (unpaired) electrons. The van der Waals surface area contributed by atoms with Gasteiger partial charge in [0.15, 0.2) is 4.34 Å². The fourth-order valence-electron chi connectivity index (χ4n) is 1.19. The maximum Gasteiger partial charge on any atom is 0.335 e. The predicted molar refractivity (Wildman–Crippen MR) is 58.3 cm³/mol. The fraction of sp³-hybridized carbons (Fsp3) is 0.429. The molecule has 3 amide bonds.